The monoisotopic (exact) mass is 303 g/mol. The zero-order valence-electron chi connectivity index (χ0n) is 13.4. The zero-order chi connectivity index (χ0) is 15.6. The van der Waals surface area contributed by atoms with Crippen LogP contribution in [0, 0.1) is 5.92 Å². The summed E-state index contributed by atoms with van der Waals surface area (Å²) in [5.74, 6) is 0.748. The number of piperidine rings is 1. The van der Waals surface area contributed by atoms with E-state index in [0.29, 0.717) is 0 Å². The highest BCUT2D eigenvalue weighted by molar-refractivity contribution is 5.94. The molecule has 0 saturated carbocycles. The SMILES string of the molecule is C[C@H]1CCCN(c2cc(-c3cccnc3)nc3ccccc23)C1. The van der Waals surface area contributed by atoms with Gasteiger partial charge in [0.05, 0.1) is 11.2 Å². The molecular weight excluding hydrogens is 282 g/mol. The average molecular weight is 303 g/mol. The smallest absolute Gasteiger partial charge is 0.0745 e. The number of hydrogen-bond acceptors (Lipinski definition) is 3. The van der Waals surface area contributed by atoms with Crippen molar-refractivity contribution in [3.63, 3.8) is 0 Å². The second-order valence-electron chi connectivity index (χ2n) is 6.48. The number of nitrogens with zero attached hydrogens (tertiary/aromatic N) is 3. The molecule has 1 aromatic carbocycles. The first-order valence-corrected chi connectivity index (χ1v) is 8.36. The molecule has 0 aliphatic carbocycles. The normalized spacial score (nSPS) is 18.3. The van der Waals surface area contributed by atoms with E-state index in [1.807, 2.05) is 12.3 Å². The molecule has 4 rings (SSSR count). The van der Waals surface area contributed by atoms with Gasteiger partial charge in [-0.3, -0.25) is 4.98 Å². The van der Waals surface area contributed by atoms with Gasteiger partial charge in [0.1, 0.15) is 0 Å². The summed E-state index contributed by atoms with van der Waals surface area (Å²) in [4.78, 5) is 11.6. The summed E-state index contributed by atoms with van der Waals surface area (Å²) in [6.07, 6.45) is 6.28. The van der Waals surface area contributed by atoms with Gasteiger partial charge in [0.2, 0.25) is 0 Å². The van der Waals surface area contributed by atoms with Crippen LogP contribution in [0.1, 0.15) is 19.8 Å². The summed E-state index contributed by atoms with van der Waals surface area (Å²) in [7, 11) is 0. The maximum atomic E-state index is 4.85. The first-order chi connectivity index (χ1) is 11.3. The van der Waals surface area contributed by atoms with E-state index in [2.05, 4.69) is 53.2 Å². The van der Waals surface area contributed by atoms with Gasteiger partial charge in [0, 0.05) is 42.1 Å². The van der Waals surface area contributed by atoms with Crippen molar-refractivity contribution in [1.29, 1.82) is 0 Å². The number of anilines is 1. The summed E-state index contributed by atoms with van der Waals surface area (Å²) in [5, 5.41) is 1.24. The van der Waals surface area contributed by atoms with Crippen molar-refractivity contribution in [3.8, 4) is 11.3 Å². The molecule has 3 aromatic rings. The van der Waals surface area contributed by atoms with Gasteiger partial charge in [-0.25, -0.2) is 4.98 Å². The van der Waals surface area contributed by atoms with Gasteiger partial charge in [-0.05, 0) is 43.0 Å². The molecule has 3 heterocycles. The summed E-state index contributed by atoms with van der Waals surface area (Å²) in [5.41, 5.74) is 4.44. The number of rotatable bonds is 2. The van der Waals surface area contributed by atoms with Gasteiger partial charge >= 0.3 is 0 Å². The van der Waals surface area contributed by atoms with Gasteiger partial charge in [0.25, 0.3) is 0 Å². The quantitative estimate of drug-likeness (QED) is 0.696. The Balaban J connectivity index is 1.87. The van der Waals surface area contributed by atoms with Crippen LogP contribution in [0.2, 0.25) is 0 Å². The predicted octanol–water partition coefficient (Wildman–Crippen LogP) is 4.53. The van der Waals surface area contributed by atoms with Crippen LogP contribution in [-0.4, -0.2) is 23.1 Å². The molecule has 1 aliphatic heterocycles. The molecular formula is C20H21N3. The van der Waals surface area contributed by atoms with Gasteiger partial charge in [-0.1, -0.05) is 25.1 Å². The molecule has 116 valence electrons. The van der Waals surface area contributed by atoms with Crippen LogP contribution in [0.25, 0.3) is 22.2 Å². The Bertz CT molecular complexity index is 813. The van der Waals surface area contributed by atoms with Crippen LogP contribution < -0.4 is 4.90 Å². The van der Waals surface area contributed by atoms with Crippen LogP contribution in [0.4, 0.5) is 5.69 Å². The van der Waals surface area contributed by atoms with Crippen molar-refractivity contribution in [2.75, 3.05) is 18.0 Å². The minimum absolute atomic E-state index is 0.748. The summed E-state index contributed by atoms with van der Waals surface area (Å²) >= 11 is 0. The summed E-state index contributed by atoms with van der Waals surface area (Å²) in [6.45, 7) is 4.60. The fourth-order valence-electron chi connectivity index (χ4n) is 3.49. The topological polar surface area (TPSA) is 29.0 Å². The van der Waals surface area contributed by atoms with Crippen LogP contribution >= 0.6 is 0 Å². The number of aromatic nitrogens is 2. The number of benzene rings is 1. The van der Waals surface area contributed by atoms with Crippen molar-refractivity contribution in [1.82, 2.24) is 9.97 Å². The third-order valence-corrected chi connectivity index (χ3v) is 4.65. The number of fused-ring (bicyclic) bond motifs is 1. The van der Waals surface area contributed by atoms with Gasteiger partial charge in [-0.2, -0.15) is 0 Å². The Morgan fingerprint density at radius 2 is 2.04 bits per heavy atom. The minimum Gasteiger partial charge on any atom is -0.371 e. The largest absolute Gasteiger partial charge is 0.371 e. The molecule has 0 radical (unpaired) electrons. The highest BCUT2D eigenvalue weighted by Gasteiger charge is 2.19. The number of hydrogen-bond donors (Lipinski definition) is 0. The Labute approximate surface area is 137 Å². The first kappa shape index (κ1) is 14.2. The van der Waals surface area contributed by atoms with E-state index >= 15 is 0 Å². The lowest BCUT2D eigenvalue weighted by Crippen LogP contribution is -2.34. The van der Waals surface area contributed by atoms with E-state index in [0.717, 1.165) is 35.8 Å². The van der Waals surface area contributed by atoms with Gasteiger partial charge in [0.15, 0.2) is 0 Å². The highest BCUT2D eigenvalue weighted by Crippen LogP contribution is 2.33. The highest BCUT2D eigenvalue weighted by atomic mass is 15.1. The van der Waals surface area contributed by atoms with Crippen LogP contribution in [0.5, 0.6) is 0 Å². The molecule has 1 saturated heterocycles. The van der Waals surface area contributed by atoms with Crippen molar-refractivity contribution < 1.29 is 0 Å². The second kappa shape index (κ2) is 5.99. The number of para-hydroxylation sites is 1. The molecule has 3 nitrogen and oxygen atoms in total. The maximum absolute atomic E-state index is 4.85. The molecule has 2 aromatic heterocycles. The van der Waals surface area contributed by atoms with Crippen molar-refractivity contribution in [2.45, 2.75) is 19.8 Å². The zero-order valence-corrected chi connectivity index (χ0v) is 13.4. The van der Waals surface area contributed by atoms with E-state index in [9.17, 15) is 0 Å². The molecule has 3 heteroatoms. The Hall–Kier alpha value is -2.42. The maximum Gasteiger partial charge on any atom is 0.0745 e. The summed E-state index contributed by atoms with van der Waals surface area (Å²) in [6, 6.07) is 14.7. The van der Waals surface area contributed by atoms with E-state index in [-0.39, 0.29) is 0 Å². The lowest BCUT2D eigenvalue weighted by atomic mass is 9.98. The summed E-state index contributed by atoms with van der Waals surface area (Å²) < 4.78 is 0. The van der Waals surface area contributed by atoms with Crippen molar-refractivity contribution in [3.05, 3.63) is 54.9 Å². The molecule has 0 spiro atoms. The molecule has 0 bridgehead atoms. The molecule has 0 unspecified atom stereocenters. The minimum atomic E-state index is 0.748. The van der Waals surface area contributed by atoms with E-state index in [1.165, 1.54) is 23.9 Å². The van der Waals surface area contributed by atoms with E-state index < -0.39 is 0 Å². The standard InChI is InChI=1S/C20H21N3/c1-15-6-5-11-23(14-15)20-12-19(16-7-4-10-21-13-16)22-18-9-3-2-8-17(18)20/h2-4,7-10,12-13,15H,5-6,11,14H2,1H3/t15-/m0/s1. The van der Waals surface area contributed by atoms with Crippen LogP contribution in [-0.2, 0) is 0 Å². The fraction of sp³-hybridized carbons (Fsp3) is 0.300. The van der Waals surface area contributed by atoms with E-state index in [1.54, 1.807) is 6.20 Å². The van der Waals surface area contributed by atoms with Crippen molar-refractivity contribution >= 4 is 16.6 Å². The van der Waals surface area contributed by atoms with Crippen LogP contribution in [0.15, 0.2) is 54.9 Å². The lowest BCUT2D eigenvalue weighted by Gasteiger charge is -2.33. The molecule has 1 atom stereocenters. The van der Waals surface area contributed by atoms with Gasteiger partial charge < -0.3 is 4.90 Å². The van der Waals surface area contributed by atoms with E-state index in [4.69, 9.17) is 4.98 Å². The third-order valence-electron chi connectivity index (χ3n) is 4.65. The molecule has 23 heavy (non-hydrogen) atoms. The Morgan fingerprint density at radius 1 is 1.13 bits per heavy atom. The van der Waals surface area contributed by atoms with Crippen LogP contribution in [0.3, 0.4) is 0 Å². The molecule has 1 aliphatic rings. The Kier molecular flexibility index (Phi) is 3.70. The Morgan fingerprint density at radius 3 is 2.87 bits per heavy atom. The molecule has 0 N–H and O–H groups in total. The number of pyridine rings is 2. The predicted molar refractivity (Wildman–Crippen MR) is 95.6 cm³/mol. The second-order valence-corrected chi connectivity index (χ2v) is 6.48. The first-order valence-electron chi connectivity index (χ1n) is 8.36. The molecule has 0 amide bonds. The third kappa shape index (κ3) is 2.79. The van der Waals surface area contributed by atoms with Crippen molar-refractivity contribution in [2.24, 2.45) is 5.92 Å². The fourth-order valence-corrected chi connectivity index (χ4v) is 3.49. The van der Waals surface area contributed by atoms with Gasteiger partial charge in [-0.15, -0.1) is 0 Å². The lowest BCUT2D eigenvalue weighted by molar-refractivity contribution is 0.447. The molecule has 1 fully saturated rings. The average Bonchev–Trinajstić information content (AvgIpc) is 2.61.